The van der Waals surface area contributed by atoms with Gasteiger partial charge >= 0.3 is 6.18 Å². The Kier molecular flexibility index (Phi) is 8.09. The Balaban J connectivity index is 1.20. The first-order valence-electron chi connectivity index (χ1n) is 16.6. The quantitative estimate of drug-likeness (QED) is 0.299. The predicted octanol–water partition coefficient (Wildman–Crippen LogP) is 4.48. The molecule has 0 radical (unpaired) electrons. The lowest BCUT2D eigenvalue weighted by Crippen LogP contribution is -2.57. The molecule has 52 heavy (non-hydrogen) atoms. The number of halogens is 4. The molecule has 0 unspecified atom stereocenters. The van der Waals surface area contributed by atoms with Gasteiger partial charge in [-0.2, -0.15) is 22.7 Å². The fourth-order valence-electron chi connectivity index (χ4n) is 7.35. The number of nitrogens with one attached hydrogen (secondary N) is 1. The van der Waals surface area contributed by atoms with Gasteiger partial charge in [-0.15, -0.1) is 5.10 Å². The van der Waals surface area contributed by atoms with Crippen LogP contribution < -0.4 is 15.8 Å². The SMILES string of the molecule is Cc1ncnc(C(=O)N2CCN(c3c4n(c5nc(C6=CCOCC6)nn5c3=O)[C@@H](C(=O)Nc3ccc(C(F)(F)F)cc3Cl)C[C@H]4C)C3=CC[C@@H]32)c1O. The van der Waals surface area contributed by atoms with Gasteiger partial charge in [-0.05, 0) is 50.0 Å². The molecule has 0 saturated carbocycles. The average Bonchev–Trinajstić information content (AvgIpc) is 3.69. The number of benzene rings is 1. The highest BCUT2D eigenvalue weighted by atomic mass is 35.5. The summed E-state index contributed by atoms with van der Waals surface area (Å²) in [6.07, 6.45) is 1.63. The van der Waals surface area contributed by atoms with E-state index in [0.717, 1.165) is 23.8 Å². The van der Waals surface area contributed by atoms with E-state index in [-0.39, 0.29) is 64.7 Å². The molecule has 6 heterocycles. The monoisotopic (exact) mass is 737 g/mol. The van der Waals surface area contributed by atoms with Gasteiger partial charge in [0, 0.05) is 24.7 Å². The molecule has 3 aromatic heterocycles. The van der Waals surface area contributed by atoms with Gasteiger partial charge in [0.05, 0.1) is 46.9 Å². The first kappa shape index (κ1) is 33.8. The van der Waals surface area contributed by atoms with Crippen molar-refractivity contribution in [2.75, 3.05) is 36.5 Å². The van der Waals surface area contributed by atoms with Crippen LogP contribution in [0.1, 0.15) is 71.4 Å². The number of aryl methyl sites for hydroxylation is 1. The van der Waals surface area contributed by atoms with Gasteiger partial charge in [0.1, 0.15) is 18.1 Å². The zero-order valence-electron chi connectivity index (χ0n) is 27.8. The molecular weight excluding hydrogens is 707 g/mol. The summed E-state index contributed by atoms with van der Waals surface area (Å²) in [5.41, 5.74) is 1.06. The Morgan fingerprint density at radius 1 is 1.15 bits per heavy atom. The Hall–Kier alpha value is -5.29. The van der Waals surface area contributed by atoms with Gasteiger partial charge < -0.3 is 25.0 Å². The van der Waals surface area contributed by atoms with Crippen molar-refractivity contribution in [3.05, 3.63) is 86.2 Å². The fourth-order valence-corrected chi connectivity index (χ4v) is 7.58. The average molecular weight is 738 g/mol. The van der Waals surface area contributed by atoms with Crippen LogP contribution in [0.3, 0.4) is 0 Å². The Labute approximate surface area is 298 Å². The number of piperazine rings is 1. The smallest absolute Gasteiger partial charge is 0.416 e. The first-order valence-corrected chi connectivity index (χ1v) is 17.0. The Bertz CT molecular complexity index is 2300. The molecule has 1 fully saturated rings. The van der Waals surface area contributed by atoms with E-state index in [0.29, 0.717) is 43.3 Å². The molecule has 1 aliphatic carbocycles. The van der Waals surface area contributed by atoms with Crippen LogP contribution in [0.15, 0.2) is 47.2 Å². The summed E-state index contributed by atoms with van der Waals surface area (Å²) >= 11 is 6.21. The van der Waals surface area contributed by atoms with Crippen molar-refractivity contribution in [3.63, 3.8) is 0 Å². The molecular formula is C34H31ClF3N9O5. The molecule has 0 bridgehead atoms. The minimum Gasteiger partial charge on any atom is -0.504 e. The van der Waals surface area contributed by atoms with Crippen molar-refractivity contribution in [1.82, 2.24) is 34.0 Å². The van der Waals surface area contributed by atoms with E-state index in [4.69, 9.17) is 21.3 Å². The number of anilines is 2. The van der Waals surface area contributed by atoms with Crippen molar-refractivity contribution >= 4 is 46.1 Å². The second-order valence-electron chi connectivity index (χ2n) is 13.1. The van der Waals surface area contributed by atoms with Crippen molar-refractivity contribution in [1.29, 1.82) is 0 Å². The third kappa shape index (κ3) is 5.41. The maximum absolute atomic E-state index is 14.5. The van der Waals surface area contributed by atoms with E-state index >= 15 is 0 Å². The van der Waals surface area contributed by atoms with E-state index in [1.165, 1.54) is 10.8 Å². The number of ether oxygens (including phenoxy) is 1. The highest BCUT2D eigenvalue weighted by molar-refractivity contribution is 6.33. The van der Waals surface area contributed by atoms with Gasteiger partial charge in [0.25, 0.3) is 11.5 Å². The number of amides is 2. The maximum atomic E-state index is 14.5. The van der Waals surface area contributed by atoms with Crippen LogP contribution in [0, 0.1) is 6.92 Å². The number of carbonyl (C=O) groups excluding carboxylic acids is 2. The van der Waals surface area contributed by atoms with Crippen molar-refractivity contribution < 1.29 is 32.6 Å². The second-order valence-corrected chi connectivity index (χ2v) is 13.5. The number of rotatable bonds is 5. The van der Waals surface area contributed by atoms with Crippen LogP contribution in [-0.4, -0.2) is 83.3 Å². The van der Waals surface area contributed by atoms with Gasteiger partial charge in [0.15, 0.2) is 17.3 Å². The highest BCUT2D eigenvalue weighted by Gasteiger charge is 2.45. The molecule has 4 aromatic rings. The van der Waals surface area contributed by atoms with Crippen molar-refractivity contribution in [2.45, 2.75) is 57.3 Å². The minimum atomic E-state index is -4.62. The van der Waals surface area contributed by atoms with Crippen molar-refractivity contribution in [2.24, 2.45) is 0 Å². The number of fused-ring (bicyclic) bond motifs is 4. The van der Waals surface area contributed by atoms with E-state index in [1.54, 1.807) is 16.4 Å². The number of hydrogen-bond donors (Lipinski definition) is 2. The summed E-state index contributed by atoms with van der Waals surface area (Å²) in [5, 5.41) is 17.6. The molecule has 2 N–H and O–H groups in total. The topological polar surface area (TPSA) is 160 Å². The van der Waals surface area contributed by atoms with E-state index in [2.05, 4.69) is 20.4 Å². The molecule has 1 aromatic carbocycles. The number of carbonyl (C=O) groups is 2. The van der Waals surface area contributed by atoms with Crippen LogP contribution in [0.25, 0.3) is 11.4 Å². The van der Waals surface area contributed by atoms with E-state index in [1.807, 2.05) is 24.0 Å². The van der Waals surface area contributed by atoms with Crippen molar-refractivity contribution in [3.8, 4) is 5.75 Å². The lowest BCUT2D eigenvalue weighted by Gasteiger charge is -2.48. The van der Waals surface area contributed by atoms with Crippen LogP contribution in [0.4, 0.5) is 24.5 Å². The maximum Gasteiger partial charge on any atom is 0.416 e. The van der Waals surface area contributed by atoms with Gasteiger partial charge in [-0.1, -0.05) is 30.7 Å². The van der Waals surface area contributed by atoms with Gasteiger partial charge in [0.2, 0.25) is 11.7 Å². The summed E-state index contributed by atoms with van der Waals surface area (Å²) in [6, 6.07) is 1.34. The molecule has 4 aliphatic rings. The van der Waals surface area contributed by atoms with Gasteiger partial charge in [-0.25, -0.2) is 9.97 Å². The Morgan fingerprint density at radius 2 is 1.96 bits per heavy atom. The molecule has 1 saturated heterocycles. The van der Waals surface area contributed by atoms with Crippen LogP contribution in [-0.2, 0) is 15.7 Å². The summed E-state index contributed by atoms with van der Waals surface area (Å²) < 4.78 is 48.2. The molecule has 18 heteroatoms. The van der Waals surface area contributed by atoms with Gasteiger partial charge in [-0.3, -0.25) is 19.0 Å². The predicted molar refractivity (Wildman–Crippen MR) is 181 cm³/mol. The zero-order chi connectivity index (χ0) is 36.6. The summed E-state index contributed by atoms with van der Waals surface area (Å²) in [4.78, 5) is 58.4. The summed E-state index contributed by atoms with van der Waals surface area (Å²) in [5.74, 6) is -1.22. The number of alkyl halides is 3. The number of aromatic hydroxyl groups is 1. The molecule has 0 spiro atoms. The lowest BCUT2D eigenvalue weighted by molar-refractivity contribution is -0.137. The standard InChI is InChI=1S/C34H31ClF3N9O5/c1-16-13-24(30(49)41-21-4-3-19(14-20(21)35)34(36,37)38)46-26(16)27(32(51)47-33(46)42-29(43-47)18-7-11-52-12-8-18)44-9-10-45(23-6-5-22(23)44)31(50)25-28(48)17(2)39-15-40-25/h3-5,7,14-16,23-24,48H,6,8-13H2,1-2H3,(H,41,49)/t16-,23+,24-/m1/s1. The lowest BCUT2D eigenvalue weighted by atomic mass is 9.91. The van der Waals surface area contributed by atoms with E-state index < -0.39 is 41.2 Å². The Morgan fingerprint density at radius 3 is 2.65 bits per heavy atom. The summed E-state index contributed by atoms with van der Waals surface area (Å²) in [7, 11) is 0. The molecule has 14 nitrogen and oxygen atoms in total. The minimum absolute atomic E-state index is 0.000692. The molecule has 2 amide bonds. The molecule has 270 valence electrons. The zero-order valence-corrected chi connectivity index (χ0v) is 28.6. The molecule has 3 atom stereocenters. The fraction of sp³-hybridized carbons (Fsp3) is 0.382. The highest BCUT2D eigenvalue weighted by Crippen LogP contribution is 2.45. The normalized spacial score (nSPS) is 21.3. The molecule has 8 rings (SSSR count). The number of aromatic nitrogens is 6. The van der Waals surface area contributed by atoms with Crippen LogP contribution in [0.2, 0.25) is 5.02 Å². The third-order valence-electron chi connectivity index (χ3n) is 10.0. The molecule has 3 aliphatic heterocycles. The third-order valence-corrected chi connectivity index (χ3v) is 10.4. The number of nitrogens with zero attached hydrogens (tertiary/aromatic N) is 8. The second kappa shape index (κ2) is 12.4. The van der Waals surface area contributed by atoms with Crippen LogP contribution >= 0.6 is 11.6 Å². The largest absolute Gasteiger partial charge is 0.504 e. The summed E-state index contributed by atoms with van der Waals surface area (Å²) in [6.45, 7) is 4.66. The number of hydrogen-bond acceptors (Lipinski definition) is 10. The van der Waals surface area contributed by atoms with Crippen LogP contribution in [0.5, 0.6) is 5.75 Å². The first-order chi connectivity index (χ1) is 24.8. The van der Waals surface area contributed by atoms with E-state index in [9.17, 15) is 32.7 Å².